The van der Waals surface area contributed by atoms with E-state index in [9.17, 15) is 0 Å². The van der Waals surface area contributed by atoms with Crippen molar-refractivity contribution >= 4 is 39.8 Å². The third-order valence-corrected chi connectivity index (χ3v) is 9.56. The maximum atomic E-state index is 3.69. The van der Waals surface area contributed by atoms with Gasteiger partial charge in [-0.3, -0.25) is 0 Å². The van der Waals surface area contributed by atoms with E-state index in [1.54, 1.807) is 15.6 Å². The fourth-order valence-electron chi connectivity index (χ4n) is 2.14. The zero-order valence-electron chi connectivity index (χ0n) is 13.7. The number of rotatable bonds is 3. The van der Waals surface area contributed by atoms with E-state index < -0.39 is 24.2 Å². The van der Waals surface area contributed by atoms with E-state index in [2.05, 4.69) is 77.1 Å². The van der Waals surface area contributed by atoms with Gasteiger partial charge in [-0.25, -0.2) is 0 Å². The lowest BCUT2D eigenvalue weighted by Gasteiger charge is -2.30. The van der Waals surface area contributed by atoms with Crippen LogP contribution in [-0.4, -0.2) is 24.2 Å². The van der Waals surface area contributed by atoms with E-state index in [-0.39, 0.29) is 0 Å². The van der Waals surface area contributed by atoms with Gasteiger partial charge >= 0.3 is 0 Å². The van der Waals surface area contributed by atoms with Gasteiger partial charge in [0.15, 0.2) is 0 Å². The van der Waals surface area contributed by atoms with Crippen molar-refractivity contribution in [1.29, 1.82) is 0 Å². The molecule has 1 radical (unpaired) electrons. The molecule has 0 amide bonds. The Morgan fingerprint density at radius 3 is 1.56 bits per heavy atom. The van der Waals surface area contributed by atoms with Crippen LogP contribution in [0.15, 0.2) is 12.1 Å². The molecule has 3 heteroatoms. The first-order valence-corrected chi connectivity index (χ1v) is 17.4. The number of hydrogen-bond acceptors (Lipinski definition) is 0. The van der Waals surface area contributed by atoms with Gasteiger partial charge in [0.25, 0.3) is 0 Å². The molecule has 0 aromatic heterocycles. The molecule has 0 bridgehead atoms. The van der Waals surface area contributed by atoms with Crippen molar-refractivity contribution in [3.05, 3.63) is 18.2 Å². The molecule has 101 valence electrons. The summed E-state index contributed by atoms with van der Waals surface area (Å²) >= 11 is 0. The Kier molecular flexibility index (Phi) is 4.21. The summed E-state index contributed by atoms with van der Waals surface area (Å²) in [6, 6.07) is 8.53. The minimum atomic E-state index is -1.28. The van der Waals surface area contributed by atoms with Crippen LogP contribution in [0.2, 0.25) is 58.9 Å². The van der Waals surface area contributed by atoms with Crippen LogP contribution in [-0.2, 0) is 0 Å². The second-order valence-electron chi connectivity index (χ2n) is 8.43. The minimum Gasteiger partial charge on any atom is -0.0656 e. The molecule has 0 aliphatic heterocycles. The Labute approximate surface area is 117 Å². The average molecular weight is 294 g/mol. The number of hydrogen-bond donors (Lipinski definition) is 0. The predicted octanol–water partition coefficient (Wildman–Crippen LogP) is 3.12. The van der Waals surface area contributed by atoms with Crippen LogP contribution in [0.1, 0.15) is 0 Å². The molecule has 1 aromatic carbocycles. The molecule has 0 atom stereocenters. The zero-order valence-corrected chi connectivity index (χ0v) is 16.7. The highest BCUT2D eigenvalue weighted by atomic mass is 28.3. The Bertz CT molecular complexity index is 429. The summed E-state index contributed by atoms with van der Waals surface area (Å²) in [6.45, 7) is 22.0. The van der Waals surface area contributed by atoms with E-state index >= 15 is 0 Å². The third-order valence-electron chi connectivity index (χ3n) is 3.37. The van der Waals surface area contributed by atoms with Crippen molar-refractivity contribution in [3.63, 3.8) is 0 Å². The van der Waals surface area contributed by atoms with Gasteiger partial charge in [-0.15, -0.1) is 0 Å². The maximum Gasteiger partial charge on any atom is 0.0782 e. The van der Waals surface area contributed by atoms with Crippen LogP contribution >= 0.6 is 0 Å². The normalized spacial score (nSPS) is 13.8. The second kappa shape index (κ2) is 4.76. The first kappa shape index (κ1) is 15.9. The summed E-state index contributed by atoms with van der Waals surface area (Å²) < 4.78 is 0. The van der Waals surface area contributed by atoms with Gasteiger partial charge in [-0.1, -0.05) is 86.6 Å². The molecule has 0 unspecified atom stereocenters. The lowest BCUT2D eigenvalue weighted by Crippen LogP contribution is -2.58. The number of benzene rings is 1. The van der Waals surface area contributed by atoms with Crippen molar-refractivity contribution in [2.45, 2.75) is 58.9 Å². The van der Waals surface area contributed by atoms with Gasteiger partial charge in [0.1, 0.15) is 0 Å². The van der Waals surface area contributed by atoms with Crippen molar-refractivity contribution in [1.82, 2.24) is 0 Å². The van der Waals surface area contributed by atoms with Crippen LogP contribution in [0.3, 0.4) is 0 Å². The van der Waals surface area contributed by atoms with Gasteiger partial charge in [0.2, 0.25) is 0 Å². The van der Waals surface area contributed by atoms with Crippen LogP contribution in [0.5, 0.6) is 0 Å². The summed E-state index contributed by atoms with van der Waals surface area (Å²) in [4.78, 5) is 0. The molecular formula is C15H29Si3. The van der Waals surface area contributed by atoms with Gasteiger partial charge in [0.05, 0.1) is 24.2 Å². The molecule has 0 nitrogen and oxygen atoms in total. The van der Waals surface area contributed by atoms with Crippen molar-refractivity contribution < 1.29 is 0 Å². The quantitative estimate of drug-likeness (QED) is 0.751. The van der Waals surface area contributed by atoms with E-state index in [1.165, 1.54) is 0 Å². The van der Waals surface area contributed by atoms with Crippen molar-refractivity contribution in [2.75, 3.05) is 0 Å². The Hall–Kier alpha value is -0.129. The first-order chi connectivity index (χ1) is 7.83. The minimum absolute atomic E-state index is 1.22. The maximum absolute atomic E-state index is 3.69. The summed E-state index contributed by atoms with van der Waals surface area (Å²) in [7, 11) is -3.77. The second-order valence-corrected chi connectivity index (χ2v) is 23.5. The fourth-order valence-corrected chi connectivity index (χ4v) is 8.41. The Morgan fingerprint density at radius 2 is 1.22 bits per heavy atom. The molecule has 0 saturated heterocycles. The standard InChI is InChI=1S/C15H29Si3/c1-16(2,3)13-10-11-14(17(4,5)6)15(12-13)18(7,8)9/h10,12H,1-9H3. The van der Waals surface area contributed by atoms with E-state index in [0.29, 0.717) is 0 Å². The zero-order chi connectivity index (χ0) is 14.4. The summed E-state index contributed by atoms with van der Waals surface area (Å²) in [5.41, 5.74) is 0. The van der Waals surface area contributed by atoms with E-state index in [4.69, 9.17) is 0 Å². The largest absolute Gasteiger partial charge is 0.0782 e. The van der Waals surface area contributed by atoms with Crippen LogP contribution in [0.25, 0.3) is 0 Å². The molecule has 0 N–H and O–H groups in total. The fraction of sp³-hybridized carbons (Fsp3) is 0.600. The van der Waals surface area contributed by atoms with Gasteiger partial charge < -0.3 is 0 Å². The van der Waals surface area contributed by atoms with E-state index in [0.717, 1.165) is 0 Å². The first-order valence-electron chi connectivity index (χ1n) is 6.90. The van der Waals surface area contributed by atoms with Gasteiger partial charge in [-0.2, -0.15) is 0 Å². The highest BCUT2D eigenvalue weighted by Gasteiger charge is 2.29. The molecule has 0 fully saturated rings. The average Bonchev–Trinajstić information content (AvgIpc) is 2.12. The van der Waals surface area contributed by atoms with E-state index in [1.807, 2.05) is 0 Å². The molecule has 18 heavy (non-hydrogen) atoms. The Morgan fingerprint density at radius 1 is 0.722 bits per heavy atom. The lowest BCUT2D eigenvalue weighted by molar-refractivity contribution is 1.64. The van der Waals surface area contributed by atoms with Crippen LogP contribution in [0, 0.1) is 6.07 Å². The smallest absolute Gasteiger partial charge is 0.0656 e. The van der Waals surface area contributed by atoms with Crippen LogP contribution < -0.4 is 15.6 Å². The summed E-state index contributed by atoms with van der Waals surface area (Å²) in [5, 5.41) is 4.81. The molecule has 0 spiro atoms. The summed E-state index contributed by atoms with van der Waals surface area (Å²) in [5.74, 6) is 0. The molecular weight excluding hydrogens is 264 g/mol. The molecule has 1 rings (SSSR count). The predicted molar refractivity (Wildman–Crippen MR) is 94.2 cm³/mol. The van der Waals surface area contributed by atoms with Crippen molar-refractivity contribution in [3.8, 4) is 0 Å². The Balaban J connectivity index is 3.50. The highest BCUT2D eigenvalue weighted by Crippen LogP contribution is 2.08. The summed E-state index contributed by atoms with van der Waals surface area (Å²) in [6.07, 6.45) is 0. The monoisotopic (exact) mass is 293 g/mol. The molecule has 0 aliphatic carbocycles. The van der Waals surface area contributed by atoms with Gasteiger partial charge in [0, 0.05) is 0 Å². The molecule has 1 aromatic rings. The SMILES string of the molecule is C[Si](C)(C)c1c[c]c([Si](C)(C)C)c([Si](C)(C)C)c1. The van der Waals surface area contributed by atoms with Crippen molar-refractivity contribution in [2.24, 2.45) is 0 Å². The lowest BCUT2D eigenvalue weighted by atomic mass is 10.3. The van der Waals surface area contributed by atoms with Crippen LogP contribution in [0.4, 0.5) is 0 Å². The highest BCUT2D eigenvalue weighted by molar-refractivity contribution is 6.99. The van der Waals surface area contributed by atoms with Gasteiger partial charge in [-0.05, 0) is 6.07 Å². The third kappa shape index (κ3) is 3.68. The topological polar surface area (TPSA) is 0 Å². The molecule has 0 saturated carbocycles. The molecule has 0 heterocycles. The molecule has 0 aliphatic rings.